The average molecular weight is 480 g/mol. The zero-order chi connectivity index (χ0) is 19.1. The lowest BCUT2D eigenvalue weighted by molar-refractivity contribution is -0.128. The number of guanidine groups is 1. The molecule has 4 N–H and O–H groups in total. The predicted molar refractivity (Wildman–Crippen MR) is 115 cm³/mol. The maximum Gasteiger partial charge on any atom is 0.225 e. The molecule has 0 fully saturated rings. The molecule has 1 rings (SSSR count). The van der Waals surface area contributed by atoms with E-state index in [1.807, 2.05) is 27.7 Å². The first-order valence-electron chi connectivity index (χ1n) is 8.58. The van der Waals surface area contributed by atoms with Crippen LogP contribution in [0.4, 0.5) is 0 Å². The van der Waals surface area contributed by atoms with Crippen LogP contribution in [0.5, 0.6) is 0 Å². The molecule has 1 aromatic rings. The molecule has 0 saturated carbocycles. The van der Waals surface area contributed by atoms with E-state index in [9.17, 15) is 9.90 Å². The number of halogens is 1. The number of aromatic nitrogens is 2. The van der Waals surface area contributed by atoms with Gasteiger partial charge in [0, 0.05) is 43.9 Å². The van der Waals surface area contributed by atoms with Gasteiger partial charge in [0.05, 0.1) is 12.7 Å². The van der Waals surface area contributed by atoms with E-state index < -0.39 is 11.0 Å². The van der Waals surface area contributed by atoms with Gasteiger partial charge >= 0.3 is 0 Å². The second-order valence-corrected chi connectivity index (χ2v) is 7.30. The van der Waals surface area contributed by atoms with E-state index in [0.717, 1.165) is 0 Å². The molecule has 0 aliphatic rings. The number of nitrogens with zero attached hydrogens (tertiary/aromatic N) is 3. The molecule has 8 nitrogen and oxygen atoms in total. The Labute approximate surface area is 173 Å². The molecule has 0 aliphatic heterocycles. The second-order valence-electron chi connectivity index (χ2n) is 7.30. The van der Waals surface area contributed by atoms with Crippen LogP contribution < -0.4 is 16.0 Å². The number of carbonyl (C=O) groups is 1. The smallest absolute Gasteiger partial charge is 0.225 e. The Morgan fingerprint density at radius 3 is 2.35 bits per heavy atom. The van der Waals surface area contributed by atoms with Gasteiger partial charge in [-0.05, 0) is 13.8 Å². The minimum atomic E-state index is -1.10. The topological polar surface area (TPSA) is 104 Å². The first kappa shape index (κ1) is 24.6. The number of hydrogen-bond donors (Lipinski definition) is 4. The molecule has 1 aromatic heterocycles. The fraction of sp³-hybridized carbons (Fsp3) is 0.706. The molecule has 0 aliphatic carbocycles. The van der Waals surface area contributed by atoms with Crippen LogP contribution in [0.15, 0.2) is 17.4 Å². The van der Waals surface area contributed by atoms with E-state index in [0.29, 0.717) is 31.2 Å². The van der Waals surface area contributed by atoms with Crippen molar-refractivity contribution in [2.45, 2.75) is 40.2 Å². The summed E-state index contributed by atoms with van der Waals surface area (Å²) in [6.45, 7) is 11.3. The van der Waals surface area contributed by atoms with E-state index in [1.54, 1.807) is 31.0 Å². The van der Waals surface area contributed by atoms with Gasteiger partial charge in [0.25, 0.3) is 0 Å². The van der Waals surface area contributed by atoms with Gasteiger partial charge in [0.15, 0.2) is 5.96 Å². The van der Waals surface area contributed by atoms with Crippen LogP contribution in [0, 0.1) is 5.41 Å². The van der Waals surface area contributed by atoms with Crippen molar-refractivity contribution in [3.05, 3.63) is 18.0 Å². The Morgan fingerprint density at radius 2 is 1.85 bits per heavy atom. The predicted octanol–water partition coefficient (Wildman–Crippen LogP) is 0.963. The minimum Gasteiger partial charge on any atom is -0.383 e. The largest absolute Gasteiger partial charge is 0.383 e. The lowest BCUT2D eigenvalue weighted by Crippen LogP contribution is -2.44. The van der Waals surface area contributed by atoms with Crippen LogP contribution in [0.1, 0.15) is 40.2 Å². The number of rotatable bonds is 7. The van der Waals surface area contributed by atoms with Crippen molar-refractivity contribution >= 4 is 35.8 Å². The Bertz CT molecular complexity index is 592. The third kappa shape index (κ3) is 8.35. The first-order chi connectivity index (χ1) is 11.6. The van der Waals surface area contributed by atoms with Crippen molar-refractivity contribution in [1.29, 1.82) is 0 Å². The number of aliphatic imine (C=N–C) groups is 1. The molecule has 1 unspecified atom stereocenters. The van der Waals surface area contributed by atoms with E-state index in [1.165, 1.54) is 0 Å². The maximum absolute atomic E-state index is 11.8. The quantitative estimate of drug-likeness (QED) is 0.202. The van der Waals surface area contributed by atoms with Crippen molar-refractivity contribution < 1.29 is 9.90 Å². The highest BCUT2D eigenvalue weighted by molar-refractivity contribution is 14.0. The molecule has 26 heavy (non-hydrogen) atoms. The second kappa shape index (κ2) is 10.7. The SMILES string of the molecule is CCNC(=NCC(C)(O)c1cnn(C)c1)NCCNC(=O)C(C)(C)C.I. The van der Waals surface area contributed by atoms with E-state index in [-0.39, 0.29) is 36.4 Å². The Morgan fingerprint density at radius 1 is 1.23 bits per heavy atom. The number of carbonyl (C=O) groups excluding carboxylic acids is 1. The molecule has 1 heterocycles. The highest BCUT2D eigenvalue weighted by atomic mass is 127. The van der Waals surface area contributed by atoms with Gasteiger partial charge in [-0.15, -0.1) is 24.0 Å². The van der Waals surface area contributed by atoms with Crippen molar-refractivity contribution in [3.8, 4) is 0 Å². The van der Waals surface area contributed by atoms with Crippen LogP contribution in [0.25, 0.3) is 0 Å². The summed E-state index contributed by atoms with van der Waals surface area (Å²) in [5.74, 6) is 0.604. The fourth-order valence-corrected chi connectivity index (χ4v) is 1.99. The van der Waals surface area contributed by atoms with Crippen molar-refractivity contribution in [3.63, 3.8) is 0 Å². The van der Waals surface area contributed by atoms with Gasteiger partial charge in [-0.3, -0.25) is 9.48 Å². The summed E-state index contributed by atoms with van der Waals surface area (Å²) in [5, 5.41) is 23.8. The molecule has 150 valence electrons. The van der Waals surface area contributed by atoms with Gasteiger partial charge < -0.3 is 21.1 Å². The number of aryl methyl sites for hydroxylation is 1. The van der Waals surface area contributed by atoms with Crippen molar-refractivity contribution in [2.24, 2.45) is 17.5 Å². The monoisotopic (exact) mass is 480 g/mol. The molecule has 9 heteroatoms. The van der Waals surface area contributed by atoms with Crippen LogP contribution in [-0.2, 0) is 17.4 Å². The summed E-state index contributed by atoms with van der Waals surface area (Å²) in [5.41, 5.74) is -0.787. The highest BCUT2D eigenvalue weighted by Crippen LogP contribution is 2.19. The lowest BCUT2D eigenvalue weighted by atomic mass is 9.96. The van der Waals surface area contributed by atoms with Gasteiger partial charge in [-0.2, -0.15) is 5.10 Å². The fourth-order valence-electron chi connectivity index (χ4n) is 1.99. The Kier molecular flexibility index (Phi) is 10.1. The summed E-state index contributed by atoms with van der Waals surface area (Å²) in [7, 11) is 1.81. The summed E-state index contributed by atoms with van der Waals surface area (Å²) < 4.78 is 1.65. The Balaban J connectivity index is 0.00000625. The van der Waals surface area contributed by atoms with Crippen LogP contribution in [0.3, 0.4) is 0 Å². The molecule has 0 bridgehead atoms. The van der Waals surface area contributed by atoms with Gasteiger partial charge in [0.1, 0.15) is 5.60 Å². The highest BCUT2D eigenvalue weighted by Gasteiger charge is 2.24. The summed E-state index contributed by atoms with van der Waals surface area (Å²) in [4.78, 5) is 16.3. The number of aliphatic hydroxyl groups is 1. The molecular formula is C17H33IN6O2. The van der Waals surface area contributed by atoms with Crippen molar-refractivity contribution in [1.82, 2.24) is 25.7 Å². The van der Waals surface area contributed by atoms with Crippen LogP contribution >= 0.6 is 24.0 Å². The summed E-state index contributed by atoms with van der Waals surface area (Å²) >= 11 is 0. The molecule has 0 aromatic carbocycles. The molecule has 0 saturated heterocycles. The van der Waals surface area contributed by atoms with Crippen LogP contribution in [0.2, 0.25) is 0 Å². The summed E-state index contributed by atoms with van der Waals surface area (Å²) in [6.07, 6.45) is 3.41. The van der Waals surface area contributed by atoms with Crippen molar-refractivity contribution in [2.75, 3.05) is 26.2 Å². The van der Waals surface area contributed by atoms with E-state index >= 15 is 0 Å². The molecular weight excluding hydrogens is 447 g/mol. The molecule has 1 amide bonds. The Hall–Kier alpha value is -1.36. The zero-order valence-electron chi connectivity index (χ0n) is 16.6. The summed E-state index contributed by atoms with van der Waals surface area (Å²) in [6, 6.07) is 0. The lowest BCUT2D eigenvalue weighted by Gasteiger charge is -2.21. The molecule has 0 radical (unpaired) electrons. The van der Waals surface area contributed by atoms with Gasteiger partial charge in [-0.25, -0.2) is 4.99 Å². The third-order valence-electron chi connectivity index (χ3n) is 3.60. The van der Waals surface area contributed by atoms with E-state index in [4.69, 9.17) is 0 Å². The maximum atomic E-state index is 11.8. The standard InChI is InChI=1S/C17H32N6O2.HI/c1-7-18-15(20-9-8-19-14(24)16(2,3)4)21-12-17(5,25)13-10-22-23(6)11-13;/h10-11,25H,7-9,12H2,1-6H3,(H,19,24)(H2,18,20,21);1H. The third-order valence-corrected chi connectivity index (χ3v) is 3.60. The first-order valence-corrected chi connectivity index (χ1v) is 8.58. The van der Waals surface area contributed by atoms with Gasteiger partial charge in [0.2, 0.25) is 5.91 Å². The minimum absolute atomic E-state index is 0. The normalized spacial score (nSPS) is 14.2. The van der Waals surface area contributed by atoms with Gasteiger partial charge in [-0.1, -0.05) is 20.8 Å². The number of nitrogens with one attached hydrogen (secondary N) is 3. The van der Waals surface area contributed by atoms with Crippen LogP contribution in [-0.4, -0.2) is 52.9 Å². The zero-order valence-corrected chi connectivity index (χ0v) is 18.9. The number of hydrogen-bond acceptors (Lipinski definition) is 4. The van der Waals surface area contributed by atoms with E-state index in [2.05, 4.69) is 26.0 Å². The molecule has 0 spiro atoms. The average Bonchev–Trinajstić information content (AvgIpc) is 2.95. The number of amides is 1. The molecule has 1 atom stereocenters.